The third-order valence-corrected chi connectivity index (χ3v) is 5.01. The summed E-state index contributed by atoms with van der Waals surface area (Å²) in [5.41, 5.74) is -0.430. The van der Waals surface area contributed by atoms with Gasteiger partial charge in [0.1, 0.15) is 5.41 Å². The minimum absolute atomic E-state index is 0.0469. The lowest BCUT2D eigenvalue weighted by Gasteiger charge is -2.32. The first-order valence-electron chi connectivity index (χ1n) is 6.40. The predicted molar refractivity (Wildman–Crippen MR) is 70.3 cm³/mol. The Labute approximate surface area is 107 Å². The maximum absolute atomic E-state index is 12.3. The quantitative estimate of drug-likeness (QED) is 0.763. The van der Waals surface area contributed by atoms with Crippen LogP contribution in [-0.4, -0.2) is 12.6 Å². The molecule has 0 bridgehead atoms. The van der Waals surface area contributed by atoms with Crippen LogP contribution in [0.15, 0.2) is 17.5 Å². The van der Waals surface area contributed by atoms with Crippen LogP contribution in [0.3, 0.4) is 0 Å². The van der Waals surface area contributed by atoms with Crippen LogP contribution in [0.1, 0.15) is 44.4 Å². The second-order valence-corrected chi connectivity index (χ2v) is 5.83. The van der Waals surface area contributed by atoms with E-state index in [0.29, 0.717) is 12.5 Å². The van der Waals surface area contributed by atoms with Gasteiger partial charge in [-0.05, 0) is 44.1 Å². The van der Waals surface area contributed by atoms with Gasteiger partial charge in [0.2, 0.25) is 0 Å². The lowest BCUT2D eigenvalue weighted by Crippen LogP contribution is -2.40. The van der Waals surface area contributed by atoms with Crippen molar-refractivity contribution in [3.05, 3.63) is 22.4 Å². The van der Waals surface area contributed by atoms with Crippen molar-refractivity contribution in [1.29, 1.82) is 0 Å². The van der Waals surface area contributed by atoms with E-state index < -0.39 is 5.41 Å². The van der Waals surface area contributed by atoms with Crippen molar-refractivity contribution >= 4 is 17.3 Å². The van der Waals surface area contributed by atoms with Gasteiger partial charge in [-0.3, -0.25) is 4.79 Å². The van der Waals surface area contributed by atoms with E-state index in [9.17, 15) is 4.79 Å². The molecule has 1 heterocycles. The fourth-order valence-corrected chi connectivity index (χ4v) is 3.78. The first-order valence-corrected chi connectivity index (χ1v) is 7.28. The lowest BCUT2D eigenvalue weighted by atomic mass is 9.75. The summed E-state index contributed by atoms with van der Waals surface area (Å²) in [6, 6.07) is 4.09. The van der Waals surface area contributed by atoms with Gasteiger partial charge >= 0.3 is 5.97 Å². The molecular weight excluding hydrogens is 232 g/mol. The third-order valence-electron chi connectivity index (χ3n) is 3.90. The highest BCUT2D eigenvalue weighted by Gasteiger charge is 2.45. The van der Waals surface area contributed by atoms with Crippen LogP contribution in [0.5, 0.6) is 0 Å². The Morgan fingerprint density at radius 3 is 2.76 bits per heavy atom. The largest absolute Gasteiger partial charge is 0.465 e. The van der Waals surface area contributed by atoms with Crippen LogP contribution in [0.2, 0.25) is 0 Å². The zero-order valence-corrected chi connectivity index (χ0v) is 11.4. The van der Waals surface area contributed by atoms with Crippen molar-refractivity contribution in [2.75, 3.05) is 6.61 Å². The summed E-state index contributed by atoms with van der Waals surface area (Å²) < 4.78 is 5.31. The van der Waals surface area contributed by atoms with E-state index in [4.69, 9.17) is 4.74 Å². The number of hydrogen-bond donors (Lipinski definition) is 0. The summed E-state index contributed by atoms with van der Waals surface area (Å²) in [4.78, 5) is 13.5. The molecule has 0 amide bonds. The van der Waals surface area contributed by atoms with Gasteiger partial charge in [-0.1, -0.05) is 18.9 Å². The SMILES string of the molecule is CCOC(=O)[C@](C)(c1cccs1)C1CCCC1. The summed E-state index contributed by atoms with van der Waals surface area (Å²) >= 11 is 1.67. The molecule has 0 aliphatic heterocycles. The molecule has 0 N–H and O–H groups in total. The van der Waals surface area contributed by atoms with Crippen LogP contribution >= 0.6 is 11.3 Å². The van der Waals surface area contributed by atoms with Gasteiger partial charge < -0.3 is 4.74 Å². The van der Waals surface area contributed by atoms with E-state index in [0.717, 1.165) is 17.7 Å². The Hall–Kier alpha value is -0.830. The average molecular weight is 252 g/mol. The van der Waals surface area contributed by atoms with Crippen LogP contribution in [0.4, 0.5) is 0 Å². The van der Waals surface area contributed by atoms with E-state index in [1.165, 1.54) is 12.8 Å². The maximum atomic E-state index is 12.3. The Morgan fingerprint density at radius 1 is 1.53 bits per heavy atom. The lowest BCUT2D eigenvalue weighted by molar-refractivity contribution is -0.151. The van der Waals surface area contributed by atoms with Gasteiger partial charge in [0.15, 0.2) is 0 Å². The Kier molecular flexibility index (Phi) is 3.87. The predicted octanol–water partition coefficient (Wildman–Crippen LogP) is 3.76. The molecule has 0 radical (unpaired) electrons. The third kappa shape index (κ3) is 2.25. The number of thiophene rings is 1. The molecule has 0 saturated heterocycles. The molecule has 3 heteroatoms. The highest BCUT2D eigenvalue weighted by Crippen LogP contribution is 2.44. The van der Waals surface area contributed by atoms with E-state index in [2.05, 4.69) is 13.0 Å². The van der Waals surface area contributed by atoms with E-state index in [1.54, 1.807) is 11.3 Å². The highest BCUT2D eigenvalue weighted by atomic mass is 32.1. The molecule has 94 valence electrons. The van der Waals surface area contributed by atoms with Crippen molar-refractivity contribution in [3.8, 4) is 0 Å². The van der Waals surface area contributed by atoms with Crippen LogP contribution < -0.4 is 0 Å². The Morgan fingerprint density at radius 2 is 2.24 bits per heavy atom. The second kappa shape index (κ2) is 5.21. The van der Waals surface area contributed by atoms with Crippen molar-refractivity contribution < 1.29 is 9.53 Å². The summed E-state index contributed by atoms with van der Waals surface area (Å²) in [5, 5.41) is 2.04. The summed E-state index contributed by atoms with van der Waals surface area (Å²) in [5.74, 6) is 0.398. The highest BCUT2D eigenvalue weighted by molar-refractivity contribution is 7.10. The standard InChI is InChI=1S/C14H20O2S/c1-3-16-13(15)14(2,11-7-4-5-8-11)12-9-6-10-17-12/h6,9-11H,3-5,7-8H2,1-2H3/t14-/m0/s1. The first kappa shape index (κ1) is 12.6. The summed E-state index contributed by atoms with van der Waals surface area (Å²) in [7, 11) is 0. The monoisotopic (exact) mass is 252 g/mol. The number of carbonyl (C=O) groups excluding carboxylic acids is 1. The summed E-state index contributed by atoms with van der Waals surface area (Å²) in [6.07, 6.45) is 4.77. The molecule has 1 fully saturated rings. The smallest absolute Gasteiger partial charge is 0.317 e. The molecule has 2 nitrogen and oxygen atoms in total. The Bertz CT molecular complexity index is 366. The number of carbonyl (C=O) groups is 1. The molecule has 1 saturated carbocycles. The molecule has 17 heavy (non-hydrogen) atoms. The molecule has 1 aliphatic rings. The first-order chi connectivity index (χ1) is 8.19. The fourth-order valence-electron chi connectivity index (χ4n) is 2.83. The number of rotatable bonds is 4. The topological polar surface area (TPSA) is 26.3 Å². The average Bonchev–Trinajstić information content (AvgIpc) is 3.01. The van der Waals surface area contributed by atoms with Crippen LogP contribution in [-0.2, 0) is 14.9 Å². The molecule has 1 aromatic heterocycles. The zero-order valence-electron chi connectivity index (χ0n) is 10.6. The second-order valence-electron chi connectivity index (χ2n) is 4.88. The van der Waals surface area contributed by atoms with Gasteiger partial charge in [-0.2, -0.15) is 0 Å². The minimum atomic E-state index is -0.430. The Balaban J connectivity index is 2.31. The van der Waals surface area contributed by atoms with Gasteiger partial charge in [-0.25, -0.2) is 0 Å². The number of hydrogen-bond acceptors (Lipinski definition) is 3. The van der Waals surface area contributed by atoms with E-state index in [-0.39, 0.29) is 5.97 Å². The van der Waals surface area contributed by atoms with Gasteiger partial charge in [0, 0.05) is 4.88 Å². The van der Waals surface area contributed by atoms with Gasteiger partial charge in [0.05, 0.1) is 6.61 Å². The molecule has 2 rings (SSSR count). The molecule has 1 aromatic rings. The molecule has 1 atom stereocenters. The van der Waals surface area contributed by atoms with Crippen molar-refractivity contribution in [1.82, 2.24) is 0 Å². The fraction of sp³-hybridized carbons (Fsp3) is 0.643. The van der Waals surface area contributed by atoms with Crippen LogP contribution in [0, 0.1) is 5.92 Å². The van der Waals surface area contributed by atoms with Gasteiger partial charge in [0.25, 0.3) is 0 Å². The van der Waals surface area contributed by atoms with Gasteiger partial charge in [-0.15, -0.1) is 11.3 Å². The molecule has 0 aromatic carbocycles. The summed E-state index contributed by atoms with van der Waals surface area (Å²) in [6.45, 7) is 4.40. The van der Waals surface area contributed by atoms with E-state index in [1.807, 2.05) is 18.4 Å². The minimum Gasteiger partial charge on any atom is -0.465 e. The molecule has 0 spiro atoms. The molecule has 1 aliphatic carbocycles. The number of ether oxygens (including phenoxy) is 1. The zero-order chi connectivity index (χ0) is 12.3. The van der Waals surface area contributed by atoms with E-state index >= 15 is 0 Å². The van der Waals surface area contributed by atoms with Crippen LogP contribution in [0.25, 0.3) is 0 Å². The van der Waals surface area contributed by atoms with Crippen molar-refractivity contribution in [2.45, 2.75) is 44.9 Å². The normalized spacial score (nSPS) is 20.1. The molecule has 0 unspecified atom stereocenters. The maximum Gasteiger partial charge on any atom is 0.317 e. The number of esters is 1. The molecular formula is C14H20O2S. The van der Waals surface area contributed by atoms with Crippen molar-refractivity contribution in [2.24, 2.45) is 5.92 Å². The van der Waals surface area contributed by atoms with Crippen molar-refractivity contribution in [3.63, 3.8) is 0 Å².